The van der Waals surface area contributed by atoms with Crippen LogP contribution in [0.2, 0.25) is 0 Å². The number of amides is 3. The summed E-state index contributed by atoms with van der Waals surface area (Å²) in [5.41, 5.74) is 6.08. The summed E-state index contributed by atoms with van der Waals surface area (Å²) in [7, 11) is 1.96. The van der Waals surface area contributed by atoms with E-state index in [1.807, 2.05) is 7.05 Å². The predicted octanol–water partition coefficient (Wildman–Crippen LogP) is 1.69. The van der Waals surface area contributed by atoms with Crippen LogP contribution in [0.1, 0.15) is 37.7 Å². The van der Waals surface area contributed by atoms with Gasteiger partial charge < -0.3 is 26.2 Å². The van der Waals surface area contributed by atoms with Crippen LogP contribution in [0.5, 0.6) is 0 Å². The minimum atomic E-state index is -1.38. The third-order valence-electron chi connectivity index (χ3n) is 7.56. The number of alkyl halides is 1. The Morgan fingerprint density at radius 3 is 2.28 bits per heavy atom. The lowest BCUT2D eigenvalue weighted by molar-refractivity contribution is -0.138. The summed E-state index contributed by atoms with van der Waals surface area (Å²) in [6.07, 6.45) is 5.15. The highest BCUT2D eigenvalue weighted by molar-refractivity contribution is 5.91. The Bertz CT molecular complexity index is 949. The number of halogens is 2. The average Bonchev–Trinajstić information content (AvgIpc) is 3.77. The lowest BCUT2D eigenvalue weighted by atomic mass is 9.94. The molecule has 2 aliphatic carbocycles. The van der Waals surface area contributed by atoms with Crippen molar-refractivity contribution in [3.63, 3.8) is 0 Å². The molecule has 10 heteroatoms. The number of nitrogens with one attached hydrogen (secondary N) is 2. The zero-order valence-electron chi connectivity index (χ0n) is 20.8. The summed E-state index contributed by atoms with van der Waals surface area (Å²) in [5.74, 6) is -0.208. The number of hydrogen-bond acceptors (Lipinski definition) is 5. The van der Waals surface area contributed by atoms with Crippen LogP contribution in [-0.4, -0.2) is 79.5 Å². The van der Waals surface area contributed by atoms with E-state index in [2.05, 4.69) is 15.5 Å². The molecule has 3 aliphatic rings. The van der Waals surface area contributed by atoms with Crippen molar-refractivity contribution >= 4 is 23.4 Å². The molecule has 3 fully saturated rings. The molecular weight excluding hydrogens is 468 g/mol. The van der Waals surface area contributed by atoms with E-state index >= 15 is 0 Å². The number of rotatable bonds is 11. The highest BCUT2D eigenvalue weighted by Gasteiger charge is 2.42. The van der Waals surface area contributed by atoms with Gasteiger partial charge in [-0.15, -0.1) is 0 Å². The van der Waals surface area contributed by atoms with Crippen molar-refractivity contribution in [2.24, 2.45) is 23.5 Å². The van der Waals surface area contributed by atoms with Gasteiger partial charge in [-0.1, -0.05) is 6.07 Å². The fourth-order valence-electron chi connectivity index (χ4n) is 5.00. The molecule has 1 saturated heterocycles. The zero-order chi connectivity index (χ0) is 25.8. The van der Waals surface area contributed by atoms with E-state index in [1.165, 1.54) is 37.8 Å². The van der Waals surface area contributed by atoms with E-state index in [9.17, 15) is 23.2 Å². The first kappa shape index (κ1) is 26.5. The summed E-state index contributed by atoms with van der Waals surface area (Å²) >= 11 is 0. The topological polar surface area (TPSA) is 108 Å². The molecular formula is C26H37F2N5O3. The Morgan fingerprint density at radius 2 is 1.72 bits per heavy atom. The van der Waals surface area contributed by atoms with Gasteiger partial charge in [-0.25, -0.2) is 8.78 Å². The van der Waals surface area contributed by atoms with Crippen LogP contribution in [0, 0.1) is 23.6 Å². The second-order valence-electron chi connectivity index (χ2n) is 10.6. The van der Waals surface area contributed by atoms with Gasteiger partial charge in [0.15, 0.2) is 0 Å². The van der Waals surface area contributed by atoms with Crippen molar-refractivity contribution in [2.45, 2.75) is 50.6 Å². The molecule has 2 saturated carbocycles. The van der Waals surface area contributed by atoms with Crippen molar-refractivity contribution in [2.75, 3.05) is 45.2 Å². The summed E-state index contributed by atoms with van der Waals surface area (Å²) in [4.78, 5) is 41.8. The third-order valence-corrected chi connectivity index (χ3v) is 7.56. The van der Waals surface area contributed by atoms with E-state index in [0.717, 1.165) is 0 Å². The SMILES string of the molecule is CN1CCN(C(=O)C(Cc2ccc(NC(=O)CC(C3CC3)C3CC3)c(F)c2)NC(=O)C(N)CF)CC1. The number of piperazine rings is 1. The van der Waals surface area contributed by atoms with Crippen LogP contribution >= 0.6 is 0 Å². The molecule has 8 nitrogen and oxygen atoms in total. The minimum absolute atomic E-state index is 0.0203. The van der Waals surface area contributed by atoms with Gasteiger partial charge in [-0.3, -0.25) is 14.4 Å². The smallest absolute Gasteiger partial charge is 0.245 e. The quantitative estimate of drug-likeness (QED) is 0.424. The van der Waals surface area contributed by atoms with Gasteiger partial charge in [0.05, 0.1) is 5.69 Å². The monoisotopic (exact) mass is 505 g/mol. The van der Waals surface area contributed by atoms with Crippen molar-refractivity contribution < 1.29 is 23.2 Å². The maximum atomic E-state index is 14.9. The molecule has 1 aromatic carbocycles. The van der Waals surface area contributed by atoms with Gasteiger partial charge in [0.2, 0.25) is 17.7 Å². The highest BCUT2D eigenvalue weighted by Crippen LogP contribution is 2.50. The predicted molar refractivity (Wildman–Crippen MR) is 132 cm³/mol. The number of carbonyl (C=O) groups excluding carboxylic acids is 3. The molecule has 4 N–H and O–H groups in total. The van der Waals surface area contributed by atoms with Crippen LogP contribution in [-0.2, 0) is 20.8 Å². The van der Waals surface area contributed by atoms with Crippen LogP contribution in [0.3, 0.4) is 0 Å². The third kappa shape index (κ3) is 7.00. The Hall–Kier alpha value is -2.59. The van der Waals surface area contributed by atoms with Crippen LogP contribution in [0.25, 0.3) is 0 Å². The van der Waals surface area contributed by atoms with Gasteiger partial charge in [0, 0.05) is 39.0 Å². The molecule has 1 aromatic rings. The first-order chi connectivity index (χ1) is 17.2. The number of likely N-dealkylation sites (N-methyl/N-ethyl adjacent to an activating group) is 1. The van der Waals surface area contributed by atoms with Crippen LogP contribution < -0.4 is 16.4 Å². The summed E-state index contributed by atoms with van der Waals surface area (Å²) < 4.78 is 27.8. The molecule has 3 amide bonds. The molecule has 4 rings (SSSR count). The maximum Gasteiger partial charge on any atom is 0.245 e. The number of carbonyl (C=O) groups is 3. The molecule has 36 heavy (non-hydrogen) atoms. The fraction of sp³-hybridized carbons (Fsp3) is 0.654. The first-order valence-corrected chi connectivity index (χ1v) is 12.9. The van der Waals surface area contributed by atoms with Gasteiger partial charge in [-0.2, -0.15) is 0 Å². The minimum Gasteiger partial charge on any atom is -0.343 e. The summed E-state index contributed by atoms with van der Waals surface area (Å²) in [6, 6.07) is 2.00. The van der Waals surface area contributed by atoms with Gasteiger partial charge in [0.25, 0.3) is 0 Å². The molecule has 1 heterocycles. The van der Waals surface area contributed by atoms with E-state index in [-0.39, 0.29) is 23.9 Å². The molecule has 1 aliphatic heterocycles. The van der Waals surface area contributed by atoms with Crippen molar-refractivity contribution in [3.05, 3.63) is 29.6 Å². The summed E-state index contributed by atoms with van der Waals surface area (Å²) in [6.45, 7) is 1.34. The number of nitrogens with two attached hydrogens (primary N) is 1. The second kappa shape index (κ2) is 11.6. The van der Waals surface area contributed by atoms with E-state index in [1.54, 1.807) is 11.0 Å². The zero-order valence-corrected chi connectivity index (χ0v) is 20.8. The first-order valence-electron chi connectivity index (χ1n) is 12.9. The van der Waals surface area contributed by atoms with Crippen LogP contribution in [0.15, 0.2) is 18.2 Å². The Labute approximate surface area is 210 Å². The Kier molecular flexibility index (Phi) is 8.56. The van der Waals surface area contributed by atoms with Crippen LogP contribution in [0.4, 0.5) is 14.5 Å². The number of benzene rings is 1. The molecule has 0 spiro atoms. The van der Waals surface area contributed by atoms with Crippen molar-refractivity contribution in [3.8, 4) is 0 Å². The maximum absolute atomic E-state index is 14.9. The molecule has 0 bridgehead atoms. The van der Waals surface area contributed by atoms with Gasteiger partial charge in [0.1, 0.15) is 24.6 Å². The van der Waals surface area contributed by atoms with E-state index in [4.69, 9.17) is 5.73 Å². The molecule has 0 aromatic heterocycles. The molecule has 0 radical (unpaired) electrons. The molecule has 2 unspecified atom stereocenters. The number of nitrogens with zero attached hydrogens (tertiary/aromatic N) is 2. The Morgan fingerprint density at radius 1 is 1.08 bits per heavy atom. The number of hydrogen-bond donors (Lipinski definition) is 3. The second-order valence-corrected chi connectivity index (χ2v) is 10.6. The largest absolute Gasteiger partial charge is 0.343 e. The molecule has 2 atom stereocenters. The lowest BCUT2D eigenvalue weighted by Gasteiger charge is -2.35. The summed E-state index contributed by atoms with van der Waals surface area (Å²) in [5, 5.41) is 5.24. The number of anilines is 1. The standard InChI is InChI=1S/C26H37F2N5O3/c1-32-8-10-33(11-9-32)26(36)23(31-25(35)21(29)15-27)13-16-2-7-22(20(28)12-16)30-24(34)14-19(17-3-4-17)18-5-6-18/h2,7,12,17-19,21,23H,3-6,8-11,13-15,29H2,1H3,(H,30,34)(H,31,35). The van der Waals surface area contributed by atoms with E-state index < -0.39 is 30.5 Å². The Balaban J connectivity index is 1.40. The fourth-order valence-corrected chi connectivity index (χ4v) is 5.00. The van der Waals surface area contributed by atoms with Crippen molar-refractivity contribution in [1.82, 2.24) is 15.1 Å². The molecule has 198 valence electrons. The highest BCUT2D eigenvalue weighted by atomic mass is 19.1. The average molecular weight is 506 g/mol. The van der Waals surface area contributed by atoms with Gasteiger partial charge >= 0.3 is 0 Å². The van der Waals surface area contributed by atoms with Crippen molar-refractivity contribution in [1.29, 1.82) is 0 Å². The lowest BCUT2D eigenvalue weighted by Crippen LogP contribution is -2.57. The normalized spacial score (nSPS) is 20.2. The van der Waals surface area contributed by atoms with E-state index in [0.29, 0.717) is 55.9 Å². The van der Waals surface area contributed by atoms with Gasteiger partial charge in [-0.05, 0) is 68.2 Å².